The van der Waals surface area contributed by atoms with Gasteiger partial charge in [0.15, 0.2) is 11.5 Å². The molecule has 1 atom stereocenters. The molecule has 1 aliphatic heterocycles. The Morgan fingerprint density at radius 2 is 1.89 bits per heavy atom. The fraction of sp³-hybridized carbons (Fsp3) is 0.269. The van der Waals surface area contributed by atoms with Gasteiger partial charge in [0.25, 0.3) is 0 Å². The summed E-state index contributed by atoms with van der Waals surface area (Å²) < 4.78 is 20.5. The van der Waals surface area contributed by atoms with Crippen molar-refractivity contribution in [3.05, 3.63) is 71.5 Å². The lowest BCUT2D eigenvalue weighted by atomic mass is 10.1. The Balaban J connectivity index is 1.16. The van der Waals surface area contributed by atoms with Gasteiger partial charge in [0.1, 0.15) is 12.4 Å². The average Bonchev–Trinajstić information content (AvgIpc) is 3.47. The summed E-state index contributed by atoms with van der Waals surface area (Å²) in [6.45, 7) is 4.84. The standard InChI is InChI=1S/C26H25FN6O3/c1-16-3-8-21(13-17(16)2)32-15-19(14-24(32)34)26(35)28-11-12-36-23-10-9-22-29-30-25(33(22)31-23)18-4-6-20(27)7-5-18/h3-10,13,19H,11-12,14-15H2,1-2H3,(H,28,35). The molecule has 1 saturated heterocycles. The summed E-state index contributed by atoms with van der Waals surface area (Å²) in [5, 5.41) is 15.5. The quantitative estimate of drug-likeness (QED) is 0.401. The molecule has 4 aromatic rings. The lowest BCUT2D eigenvalue weighted by Gasteiger charge is -2.18. The Bertz CT molecular complexity index is 1440. The molecule has 36 heavy (non-hydrogen) atoms. The topological polar surface area (TPSA) is 102 Å². The number of hydrogen-bond donors (Lipinski definition) is 1. The molecule has 2 aromatic heterocycles. The van der Waals surface area contributed by atoms with Gasteiger partial charge in [0, 0.05) is 30.3 Å². The number of hydrogen-bond acceptors (Lipinski definition) is 6. The van der Waals surface area contributed by atoms with Gasteiger partial charge in [-0.3, -0.25) is 9.59 Å². The largest absolute Gasteiger partial charge is 0.475 e. The first-order valence-electron chi connectivity index (χ1n) is 11.7. The van der Waals surface area contributed by atoms with Gasteiger partial charge in [0.05, 0.1) is 12.5 Å². The number of halogens is 1. The molecule has 0 bridgehead atoms. The summed E-state index contributed by atoms with van der Waals surface area (Å²) in [6, 6.07) is 15.1. The molecule has 0 saturated carbocycles. The fourth-order valence-corrected chi connectivity index (χ4v) is 4.13. The summed E-state index contributed by atoms with van der Waals surface area (Å²) in [5.74, 6) is -0.201. The second kappa shape index (κ2) is 9.73. The highest BCUT2D eigenvalue weighted by Gasteiger charge is 2.35. The zero-order valence-corrected chi connectivity index (χ0v) is 19.9. The maximum atomic E-state index is 13.3. The maximum absolute atomic E-state index is 13.3. The number of anilines is 1. The van der Waals surface area contributed by atoms with Crippen LogP contribution in [0.15, 0.2) is 54.6 Å². The first-order valence-corrected chi connectivity index (χ1v) is 11.7. The Hall–Kier alpha value is -4.34. The third-order valence-electron chi connectivity index (χ3n) is 6.29. The smallest absolute Gasteiger partial charge is 0.231 e. The van der Waals surface area contributed by atoms with Crippen LogP contribution in [-0.2, 0) is 9.59 Å². The minimum atomic E-state index is -0.413. The van der Waals surface area contributed by atoms with E-state index in [1.54, 1.807) is 29.2 Å². The predicted octanol–water partition coefficient (Wildman–Crippen LogP) is 3.10. The molecule has 184 valence electrons. The molecule has 0 aliphatic carbocycles. The molecular formula is C26H25FN6O3. The van der Waals surface area contributed by atoms with Gasteiger partial charge in [-0.15, -0.1) is 15.3 Å². The van der Waals surface area contributed by atoms with E-state index in [1.165, 1.54) is 16.6 Å². The summed E-state index contributed by atoms with van der Waals surface area (Å²) in [7, 11) is 0. The van der Waals surface area contributed by atoms with E-state index < -0.39 is 5.92 Å². The van der Waals surface area contributed by atoms with Crippen LogP contribution in [0.4, 0.5) is 10.1 Å². The number of nitrogens with zero attached hydrogens (tertiary/aromatic N) is 5. The van der Waals surface area contributed by atoms with E-state index in [4.69, 9.17) is 4.74 Å². The van der Waals surface area contributed by atoms with Crippen LogP contribution in [0.5, 0.6) is 5.88 Å². The first kappa shape index (κ1) is 23.4. The Labute approximate surface area is 206 Å². The highest BCUT2D eigenvalue weighted by atomic mass is 19.1. The number of carbonyl (C=O) groups is 2. The Kier molecular flexibility index (Phi) is 6.32. The van der Waals surface area contributed by atoms with Crippen molar-refractivity contribution in [3.63, 3.8) is 0 Å². The molecule has 5 rings (SSSR count). The average molecular weight is 489 g/mol. The van der Waals surface area contributed by atoms with Crippen molar-refractivity contribution in [2.75, 3.05) is 24.6 Å². The van der Waals surface area contributed by atoms with Crippen LogP contribution < -0.4 is 15.0 Å². The number of ether oxygens (including phenoxy) is 1. The number of fused-ring (bicyclic) bond motifs is 1. The first-order chi connectivity index (χ1) is 17.4. The van der Waals surface area contributed by atoms with E-state index >= 15 is 0 Å². The van der Waals surface area contributed by atoms with Crippen molar-refractivity contribution in [2.24, 2.45) is 5.92 Å². The molecule has 1 fully saturated rings. The van der Waals surface area contributed by atoms with Crippen molar-refractivity contribution in [3.8, 4) is 17.3 Å². The number of amides is 2. The molecular weight excluding hydrogens is 463 g/mol. The minimum Gasteiger partial charge on any atom is -0.475 e. The van der Waals surface area contributed by atoms with E-state index in [0.29, 0.717) is 29.5 Å². The van der Waals surface area contributed by atoms with E-state index in [0.717, 1.165) is 16.8 Å². The molecule has 0 spiro atoms. The lowest BCUT2D eigenvalue weighted by molar-refractivity contribution is -0.126. The van der Waals surface area contributed by atoms with Crippen LogP contribution in [0.25, 0.3) is 17.0 Å². The number of carbonyl (C=O) groups excluding carboxylic acids is 2. The Morgan fingerprint density at radius 1 is 1.08 bits per heavy atom. The molecule has 2 amide bonds. The van der Waals surface area contributed by atoms with Gasteiger partial charge in [-0.2, -0.15) is 4.52 Å². The van der Waals surface area contributed by atoms with Gasteiger partial charge in [-0.05, 0) is 67.4 Å². The molecule has 2 aromatic carbocycles. The van der Waals surface area contributed by atoms with Crippen LogP contribution in [0, 0.1) is 25.6 Å². The second-order valence-electron chi connectivity index (χ2n) is 8.79. The van der Waals surface area contributed by atoms with Crippen LogP contribution in [0.2, 0.25) is 0 Å². The van der Waals surface area contributed by atoms with Crippen molar-refractivity contribution in [1.82, 2.24) is 25.1 Å². The van der Waals surface area contributed by atoms with Gasteiger partial charge >= 0.3 is 0 Å². The molecule has 9 nitrogen and oxygen atoms in total. The number of rotatable bonds is 7. The van der Waals surface area contributed by atoms with Crippen molar-refractivity contribution in [1.29, 1.82) is 0 Å². The highest BCUT2D eigenvalue weighted by molar-refractivity contribution is 6.00. The van der Waals surface area contributed by atoms with Gasteiger partial charge < -0.3 is 15.0 Å². The third-order valence-corrected chi connectivity index (χ3v) is 6.29. The lowest BCUT2D eigenvalue weighted by Crippen LogP contribution is -2.35. The minimum absolute atomic E-state index is 0.0574. The number of aryl methyl sites for hydroxylation is 2. The molecule has 3 heterocycles. The van der Waals surface area contributed by atoms with Gasteiger partial charge in [-0.1, -0.05) is 6.07 Å². The number of benzene rings is 2. The van der Waals surface area contributed by atoms with E-state index in [9.17, 15) is 14.0 Å². The molecule has 1 aliphatic rings. The predicted molar refractivity (Wildman–Crippen MR) is 131 cm³/mol. The van der Waals surface area contributed by atoms with Crippen LogP contribution in [0.1, 0.15) is 17.5 Å². The van der Waals surface area contributed by atoms with Crippen molar-refractivity contribution < 1.29 is 18.7 Å². The molecule has 0 radical (unpaired) electrons. The van der Waals surface area contributed by atoms with Crippen LogP contribution in [0.3, 0.4) is 0 Å². The summed E-state index contributed by atoms with van der Waals surface area (Å²) in [6.07, 6.45) is 0.178. The monoisotopic (exact) mass is 488 g/mol. The summed E-state index contributed by atoms with van der Waals surface area (Å²) in [5.41, 5.74) is 4.27. The summed E-state index contributed by atoms with van der Waals surface area (Å²) >= 11 is 0. The molecule has 1 N–H and O–H groups in total. The van der Waals surface area contributed by atoms with E-state index in [2.05, 4.69) is 20.6 Å². The van der Waals surface area contributed by atoms with Gasteiger partial charge in [-0.25, -0.2) is 4.39 Å². The zero-order valence-electron chi connectivity index (χ0n) is 19.9. The van der Waals surface area contributed by atoms with Crippen LogP contribution >= 0.6 is 0 Å². The second-order valence-corrected chi connectivity index (χ2v) is 8.79. The third kappa shape index (κ3) is 4.74. The Morgan fingerprint density at radius 3 is 2.67 bits per heavy atom. The fourth-order valence-electron chi connectivity index (χ4n) is 4.13. The van der Waals surface area contributed by atoms with Crippen molar-refractivity contribution in [2.45, 2.75) is 20.3 Å². The molecule has 10 heteroatoms. The van der Waals surface area contributed by atoms with E-state index in [-0.39, 0.29) is 37.2 Å². The molecule has 1 unspecified atom stereocenters. The maximum Gasteiger partial charge on any atom is 0.231 e. The SMILES string of the molecule is Cc1ccc(N2CC(C(=O)NCCOc3ccc4nnc(-c5ccc(F)cc5)n4n3)CC2=O)cc1C. The zero-order chi connectivity index (χ0) is 25.2. The number of nitrogens with one attached hydrogen (secondary N) is 1. The van der Waals surface area contributed by atoms with Gasteiger partial charge in [0.2, 0.25) is 17.7 Å². The van der Waals surface area contributed by atoms with E-state index in [1.807, 2.05) is 32.0 Å². The van der Waals surface area contributed by atoms with Crippen LogP contribution in [-0.4, -0.2) is 51.3 Å². The summed E-state index contributed by atoms with van der Waals surface area (Å²) in [4.78, 5) is 26.8. The highest BCUT2D eigenvalue weighted by Crippen LogP contribution is 2.27. The van der Waals surface area contributed by atoms with Crippen molar-refractivity contribution >= 4 is 23.1 Å². The normalized spacial score (nSPS) is 15.5. The number of aromatic nitrogens is 4.